The minimum absolute atomic E-state index is 0.766. The van der Waals surface area contributed by atoms with Gasteiger partial charge in [-0.05, 0) is 31.8 Å². The van der Waals surface area contributed by atoms with Gasteiger partial charge in [-0.25, -0.2) is 0 Å². The molecule has 0 atom stereocenters. The van der Waals surface area contributed by atoms with E-state index in [-0.39, 0.29) is 0 Å². The summed E-state index contributed by atoms with van der Waals surface area (Å²) in [5.74, 6) is 1.57. The average Bonchev–Trinajstić information content (AvgIpc) is 2.09. The van der Waals surface area contributed by atoms with Crippen molar-refractivity contribution in [2.24, 2.45) is 5.92 Å². The third kappa shape index (κ3) is 8.58. The Balaban J connectivity index is 3.53. The van der Waals surface area contributed by atoms with Crippen LogP contribution < -0.4 is 0 Å². The molecule has 0 aliphatic rings. The summed E-state index contributed by atoms with van der Waals surface area (Å²) in [6.07, 6.45) is 3.87. The van der Waals surface area contributed by atoms with Gasteiger partial charge in [-0.1, -0.05) is 27.2 Å². The molecule has 0 heterocycles. The molecule has 0 unspecified atom stereocenters. The number of hydrogen-bond donors (Lipinski definition) is 0. The third-order valence-corrected chi connectivity index (χ3v) is 2.42. The predicted octanol–water partition coefficient (Wildman–Crippen LogP) is 3.37. The molecular weight excluding hydrogens is 182 g/mol. The zero-order chi connectivity index (χ0) is 10.1. The monoisotopic (exact) mass is 205 g/mol. The molecule has 0 bridgehead atoms. The summed E-state index contributed by atoms with van der Waals surface area (Å²) in [7, 11) is 0. The lowest BCUT2D eigenvalue weighted by Gasteiger charge is -2.21. The first-order valence-corrected chi connectivity index (χ1v) is 6.02. The van der Waals surface area contributed by atoms with E-state index in [0.717, 1.165) is 18.3 Å². The van der Waals surface area contributed by atoms with Gasteiger partial charge in [0.2, 0.25) is 0 Å². The van der Waals surface area contributed by atoms with Gasteiger partial charge in [-0.2, -0.15) is 0 Å². The maximum atomic E-state index is 5.75. The van der Waals surface area contributed by atoms with Crippen molar-refractivity contribution in [2.75, 3.05) is 25.5 Å². The first kappa shape index (κ1) is 13.2. The molecule has 0 aromatic carbocycles. The Morgan fingerprint density at radius 3 is 2.31 bits per heavy atom. The van der Waals surface area contributed by atoms with E-state index in [1.807, 2.05) is 0 Å². The van der Waals surface area contributed by atoms with Crippen molar-refractivity contribution in [2.45, 2.75) is 40.0 Å². The van der Waals surface area contributed by atoms with Crippen LogP contribution in [0.3, 0.4) is 0 Å². The fourth-order valence-electron chi connectivity index (χ4n) is 1.28. The molecule has 0 N–H and O–H groups in total. The van der Waals surface area contributed by atoms with Gasteiger partial charge in [0.1, 0.15) is 0 Å². The van der Waals surface area contributed by atoms with Crippen molar-refractivity contribution >= 4 is 11.6 Å². The van der Waals surface area contributed by atoms with E-state index in [1.54, 1.807) is 0 Å². The summed E-state index contributed by atoms with van der Waals surface area (Å²) in [6, 6.07) is 0. The van der Waals surface area contributed by atoms with Crippen LogP contribution >= 0.6 is 11.6 Å². The second kappa shape index (κ2) is 8.83. The molecule has 2 heteroatoms. The molecule has 1 nitrogen and oxygen atoms in total. The molecule has 0 fully saturated rings. The predicted molar refractivity (Wildman–Crippen MR) is 61.5 cm³/mol. The smallest absolute Gasteiger partial charge is 0.0351 e. The second-order valence-electron chi connectivity index (χ2n) is 4.07. The molecule has 0 rings (SSSR count). The highest BCUT2D eigenvalue weighted by atomic mass is 35.5. The van der Waals surface area contributed by atoms with Crippen LogP contribution in [0.15, 0.2) is 0 Å². The van der Waals surface area contributed by atoms with Crippen molar-refractivity contribution < 1.29 is 0 Å². The minimum atomic E-state index is 0.766. The summed E-state index contributed by atoms with van der Waals surface area (Å²) in [5, 5.41) is 0. The molecule has 0 saturated heterocycles. The number of hydrogen-bond acceptors (Lipinski definition) is 1. The van der Waals surface area contributed by atoms with Crippen LogP contribution in [0.4, 0.5) is 0 Å². The Bertz CT molecular complexity index is 104. The van der Waals surface area contributed by atoms with E-state index in [0.29, 0.717) is 0 Å². The van der Waals surface area contributed by atoms with Gasteiger partial charge in [0.15, 0.2) is 0 Å². The Morgan fingerprint density at radius 2 is 1.85 bits per heavy atom. The van der Waals surface area contributed by atoms with Crippen LogP contribution in [-0.2, 0) is 0 Å². The molecule has 0 aliphatic heterocycles. The van der Waals surface area contributed by atoms with E-state index in [4.69, 9.17) is 11.6 Å². The largest absolute Gasteiger partial charge is 0.302 e. The van der Waals surface area contributed by atoms with E-state index in [1.165, 1.54) is 32.4 Å². The molecular formula is C11H24ClN. The highest BCUT2D eigenvalue weighted by molar-refractivity contribution is 6.18. The van der Waals surface area contributed by atoms with E-state index in [9.17, 15) is 0 Å². The molecule has 0 aromatic heterocycles. The van der Waals surface area contributed by atoms with Crippen LogP contribution in [0.1, 0.15) is 40.0 Å². The summed E-state index contributed by atoms with van der Waals surface area (Å²) in [4.78, 5) is 2.48. The Labute approximate surface area is 88.5 Å². The fraction of sp³-hybridized carbons (Fsp3) is 1.00. The number of halogens is 1. The zero-order valence-corrected chi connectivity index (χ0v) is 10.1. The maximum absolute atomic E-state index is 5.75. The second-order valence-corrected chi connectivity index (χ2v) is 4.44. The zero-order valence-electron chi connectivity index (χ0n) is 9.35. The van der Waals surface area contributed by atoms with Crippen LogP contribution in [0.5, 0.6) is 0 Å². The van der Waals surface area contributed by atoms with E-state index in [2.05, 4.69) is 25.7 Å². The van der Waals surface area contributed by atoms with Gasteiger partial charge in [0.25, 0.3) is 0 Å². The van der Waals surface area contributed by atoms with Crippen molar-refractivity contribution in [3.05, 3.63) is 0 Å². The molecule has 13 heavy (non-hydrogen) atoms. The summed E-state index contributed by atoms with van der Waals surface area (Å²) in [6.45, 7) is 10.3. The van der Waals surface area contributed by atoms with E-state index < -0.39 is 0 Å². The number of nitrogens with zero attached hydrogens (tertiary/aromatic N) is 1. The lowest BCUT2D eigenvalue weighted by atomic mass is 10.1. The molecule has 0 radical (unpaired) electrons. The lowest BCUT2D eigenvalue weighted by molar-refractivity contribution is 0.268. The lowest BCUT2D eigenvalue weighted by Crippen LogP contribution is -2.28. The van der Waals surface area contributed by atoms with Gasteiger partial charge in [0, 0.05) is 12.4 Å². The Kier molecular flexibility index (Phi) is 9.00. The highest BCUT2D eigenvalue weighted by Gasteiger charge is 2.04. The van der Waals surface area contributed by atoms with E-state index >= 15 is 0 Å². The summed E-state index contributed by atoms with van der Waals surface area (Å²) < 4.78 is 0. The van der Waals surface area contributed by atoms with Crippen molar-refractivity contribution in [1.82, 2.24) is 4.90 Å². The number of rotatable bonds is 8. The normalized spacial score (nSPS) is 11.5. The minimum Gasteiger partial charge on any atom is -0.302 e. The average molecular weight is 206 g/mol. The molecule has 0 aliphatic carbocycles. The third-order valence-electron chi connectivity index (χ3n) is 2.25. The number of unbranched alkanes of at least 4 members (excludes halogenated alkanes) is 1. The SMILES string of the molecule is CCCCN(CCCl)CCC(C)C. The fourth-order valence-corrected chi connectivity index (χ4v) is 1.52. The molecule has 0 spiro atoms. The summed E-state index contributed by atoms with van der Waals surface area (Å²) in [5.41, 5.74) is 0. The Hall–Kier alpha value is 0.250. The number of alkyl halides is 1. The van der Waals surface area contributed by atoms with Crippen LogP contribution in [0.25, 0.3) is 0 Å². The van der Waals surface area contributed by atoms with Crippen LogP contribution in [-0.4, -0.2) is 30.4 Å². The van der Waals surface area contributed by atoms with Crippen LogP contribution in [0.2, 0.25) is 0 Å². The first-order chi connectivity index (χ1) is 6.20. The quantitative estimate of drug-likeness (QED) is 0.550. The summed E-state index contributed by atoms with van der Waals surface area (Å²) >= 11 is 5.75. The molecule has 0 aromatic rings. The van der Waals surface area contributed by atoms with Gasteiger partial charge in [0.05, 0.1) is 0 Å². The topological polar surface area (TPSA) is 3.24 Å². The molecule has 80 valence electrons. The van der Waals surface area contributed by atoms with Gasteiger partial charge in [-0.15, -0.1) is 11.6 Å². The van der Waals surface area contributed by atoms with Gasteiger partial charge < -0.3 is 4.90 Å². The van der Waals surface area contributed by atoms with Gasteiger partial charge >= 0.3 is 0 Å². The standard InChI is InChI=1S/C11H24ClN/c1-4-5-8-13(10-7-12)9-6-11(2)3/h11H,4-10H2,1-3H3. The molecule has 0 saturated carbocycles. The van der Waals surface area contributed by atoms with Crippen molar-refractivity contribution in [3.63, 3.8) is 0 Å². The van der Waals surface area contributed by atoms with Gasteiger partial charge in [-0.3, -0.25) is 0 Å². The molecule has 0 amide bonds. The highest BCUT2D eigenvalue weighted by Crippen LogP contribution is 2.03. The first-order valence-electron chi connectivity index (χ1n) is 5.49. The maximum Gasteiger partial charge on any atom is 0.0351 e. The van der Waals surface area contributed by atoms with Crippen LogP contribution in [0, 0.1) is 5.92 Å². The Morgan fingerprint density at radius 1 is 1.15 bits per heavy atom. The van der Waals surface area contributed by atoms with Crippen molar-refractivity contribution in [1.29, 1.82) is 0 Å². The van der Waals surface area contributed by atoms with Crippen molar-refractivity contribution in [3.8, 4) is 0 Å².